The molecule has 1 N–H and O–H groups in total. The molecule has 0 aromatic heterocycles. The highest BCUT2D eigenvalue weighted by Crippen LogP contribution is 2.38. The smallest absolute Gasteiger partial charge is 0.283 e. The van der Waals surface area contributed by atoms with Crippen molar-refractivity contribution >= 4 is 46.6 Å². The van der Waals surface area contributed by atoms with Crippen molar-refractivity contribution < 1.29 is 14.0 Å². The average Bonchev–Trinajstić information content (AvgIpc) is 2.96. The number of carbonyl (C=O) groups is 2. The maximum Gasteiger partial charge on any atom is 0.283 e. The van der Waals surface area contributed by atoms with E-state index in [1.807, 2.05) is 31.2 Å². The molecule has 0 atom stereocenters. The number of halogens is 2. The molecule has 0 saturated heterocycles. The van der Waals surface area contributed by atoms with Gasteiger partial charge in [-0.2, -0.15) is 0 Å². The van der Waals surface area contributed by atoms with Crippen molar-refractivity contribution in [1.82, 2.24) is 0 Å². The summed E-state index contributed by atoms with van der Waals surface area (Å²) in [5, 5.41) is 3.32. The predicted octanol–water partition coefficient (Wildman–Crippen LogP) is 5.78. The van der Waals surface area contributed by atoms with Gasteiger partial charge in [-0.3, -0.25) is 9.59 Å². The number of hydrogen-bond donors (Lipinski definition) is 1. The van der Waals surface area contributed by atoms with Crippen molar-refractivity contribution in [2.45, 2.75) is 11.8 Å². The minimum Gasteiger partial charge on any atom is -0.348 e. The highest BCUT2D eigenvalue weighted by Gasteiger charge is 2.40. The third-order valence-electron chi connectivity index (χ3n) is 4.50. The lowest BCUT2D eigenvalue weighted by Gasteiger charge is -2.15. The van der Waals surface area contributed by atoms with Gasteiger partial charge in [0.2, 0.25) is 0 Å². The number of aryl methyl sites for hydroxylation is 1. The molecule has 0 radical (unpaired) electrons. The van der Waals surface area contributed by atoms with E-state index in [9.17, 15) is 14.0 Å². The first-order chi connectivity index (χ1) is 14.4. The minimum absolute atomic E-state index is 0.0330. The Morgan fingerprint density at radius 3 is 2.23 bits per heavy atom. The summed E-state index contributed by atoms with van der Waals surface area (Å²) in [6.45, 7) is 1.96. The second-order valence-corrected chi connectivity index (χ2v) is 8.17. The van der Waals surface area contributed by atoms with Gasteiger partial charge in [-0.25, -0.2) is 9.29 Å². The zero-order valence-electron chi connectivity index (χ0n) is 15.9. The van der Waals surface area contributed by atoms with Crippen LogP contribution in [0, 0.1) is 12.7 Å². The van der Waals surface area contributed by atoms with Crippen LogP contribution in [0.5, 0.6) is 0 Å². The number of amides is 2. The number of anilines is 2. The Labute approximate surface area is 182 Å². The van der Waals surface area contributed by atoms with E-state index < -0.39 is 17.6 Å². The lowest BCUT2D eigenvalue weighted by molar-refractivity contribution is -0.120. The highest BCUT2D eigenvalue weighted by molar-refractivity contribution is 8.04. The molecule has 150 valence electrons. The summed E-state index contributed by atoms with van der Waals surface area (Å²) < 4.78 is 14.2. The minimum atomic E-state index is -0.555. The van der Waals surface area contributed by atoms with Crippen molar-refractivity contribution in [2.24, 2.45) is 0 Å². The summed E-state index contributed by atoms with van der Waals surface area (Å²) in [6.07, 6.45) is 0. The monoisotopic (exact) mass is 438 g/mol. The Morgan fingerprint density at radius 1 is 0.900 bits per heavy atom. The molecule has 30 heavy (non-hydrogen) atoms. The van der Waals surface area contributed by atoms with E-state index in [0.29, 0.717) is 10.7 Å². The third-order valence-corrected chi connectivity index (χ3v) is 5.84. The molecule has 1 heterocycles. The third kappa shape index (κ3) is 3.97. The van der Waals surface area contributed by atoms with Crippen LogP contribution in [0.2, 0.25) is 5.02 Å². The number of rotatable bonds is 5. The van der Waals surface area contributed by atoms with Crippen LogP contribution < -0.4 is 10.2 Å². The van der Waals surface area contributed by atoms with Gasteiger partial charge >= 0.3 is 0 Å². The highest BCUT2D eigenvalue weighted by atomic mass is 35.5. The predicted molar refractivity (Wildman–Crippen MR) is 118 cm³/mol. The number of nitrogens with one attached hydrogen (secondary N) is 1. The SMILES string of the molecule is Cc1ccc(SC2=C(Nc3ccccc3F)C(=O)N(c3ccc(Cl)cc3)C2=O)cc1. The van der Waals surface area contributed by atoms with Crippen molar-refractivity contribution in [2.75, 3.05) is 10.2 Å². The summed E-state index contributed by atoms with van der Waals surface area (Å²) in [6, 6.07) is 20.0. The molecule has 7 heteroatoms. The summed E-state index contributed by atoms with van der Waals surface area (Å²) >= 11 is 7.10. The summed E-state index contributed by atoms with van der Waals surface area (Å²) in [5.41, 5.74) is 1.62. The Balaban J connectivity index is 1.75. The second-order valence-electron chi connectivity index (χ2n) is 6.65. The van der Waals surface area contributed by atoms with E-state index in [1.54, 1.807) is 36.4 Å². The van der Waals surface area contributed by atoms with Gasteiger partial charge in [0.05, 0.1) is 11.4 Å². The van der Waals surface area contributed by atoms with Crippen LogP contribution in [0.1, 0.15) is 5.56 Å². The van der Waals surface area contributed by atoms with Gasteiger partial charge in [-0.1, -0.05) is 53.2 Å². The topological polar surface area (TPSA) is 49.4 Å². The molecule has 3 aromatic rings. The molecule has 4 nitrogen and oxygen atoms in total. The lowest BCUT2D eigenvalue weighted by Crippen LogP contribution is -2.32. The van der Waals surface area contributed by atoms with Crippen LogP contribution in [0.4, 0.5) is 15.8 Å². The van der Waals surface area contributed by atoms with Crippen LogP contribution in [0.25, 0.3) is 0 Å². The Hall–Kier alpha value is -3.09. The van der Waals surface area contributed by atoms with Gasteiger partial charge in [0.1, 0.15) is 16.4 Å². The van der Waals surface area contributed by atoms with Gasteiger partial charge in [-0.05, 0) is 55.5 Å². The normalized spacial score (nSPS) is 13.9. The molecule has 2 amide bonds. The first kappa shape index (κ1) is 20.2. The van der Waals surface area contributed by atoms with E-state index in [1.165, 1.54) is 12.1 Å². The number of hydrogen-bond acceptors (Lipinski definition) is 4. The molecule has 1 aliphatic heterocycles. The molecular formula is C23H16ClFN2O2S. The van der Waals surface area contributed by atoms with Gasteiger partial charge in [0.25, 0.3) is 11.8 Å². The quantitative estimate of drug-likeness (QED) is 0.513. The van der Waals surface area contributed by atoms with Crippen molar-refractivity contribution in [3.8, 4) is 0 Å². The van der Waals surface area contributed by atoms with Crippen molar-refractivity contribution in [3.05, 3.63) is 99.8 Å². The van der Waals surface area contributed by atoms with E-state index >= 15 is 0 Å². The van der Waals surface area contributed by atoms with Crippen LogP contribution in [0.15, 0.2) is 88.3 Å². The fourth-order valence-corrected chi connectivity index (χ4v) is 4.01. The second kappa shape index (κ2) is 8.34. The Morgan fingerprint density at radius 2 is 1.57 bits per heavy atom. The van der Waals surface area contributed by atoms with Crippen LogP contribution >= 0.6 is 23.4 Å². The van der Waals surface area contributed by atoms with Gasteiger partial charge in [0.15, 0.2) is 0 Å². The maximum atomic E-state index is 14.2. The fourth-order valence-electron chi connectivity index (χ4n) is 2.96. The van der Waals surface area contributed by atoms with Crippen LogP contribution in [0.3, 0.4) is 0 Å². The lowest BCUT2D eigenvalue weighted by atomic mass is 10.2. The molecule has 4 rings (SSSR count). The molecule has 0 fully saturated rings. The average molecular weight is 439 g/mol. The standard InChI is InChI=1S/C23H16ClFN2O2S/c1-14-6-12-17(13-7-14)30-21-20(26-19-5-3-2-4-18(19)25)22(28)27(23(21)29)16-10-8-15(24)9-11-16/h2-13,26H,1H3. The van der Waals surface area contributed by atoms with Crippen molar-refractivity contribution in [3.63, 3.8) is 0 Å². The van der Waals surface area contributed by atoms with E-state index in [4.69, 9.17) is 11.6 Å². The number of nitrogens with zero attached hydrogens (tertiary/aromatic N) is 1. The fraction of sp³-hybridized carbons (Fsp3) is 0.0435. The van der Waals surface area contributed by atoms with Crippen LogP contribution in [-0.2, 0) is 9.59 Å². The van der Waals surface area contributed by atoms with E-state index in [2.05, 4.69) is 5.32 Å². The van der Waals surface area contributed by atoms with Gasteiger partial charge in [-0.15, -0.1) is 0 Å². The number of imide groups is 1. The van der Waals surface area contributed by atoms with Gasteiger partial charge < -0.3 is 5.32 Å². The molecule has 3 aromatic carbocycles. The molecule has 0 aliphatic carbocycles. The largest absolute Gasteiger partial charge is 0.348 e. The van der Waals surface area contributed by atoms with E-state index in [0.717, 1.165) is 27.1 Å². The van der Waals surface area contributed by atoms with Gasteiger partial charge in [0, 0.05) is 9.92 Å². The molecule has 0 bridgehead atoms. The van der Waals surface area contributed by atoms with Crippen LogP contribution in [-0.4, -0.2) is 11.8 Å². The number of thioether (sulfide) groups is 1. The zero-order valence-corrected chi connectivity index (χ0v) is 17.4. The Bertz CT molecular complexity index is 1160. The number of benzene rings is 3. The molecule has 0 unspecified atom stereocenters. The first-order valence-electron chi connectivity index (χ1n) is 9.09. The summed E-state index contributed by atoms with van der Waals surface area (Å²) in [7, 11) is 0. The molecular weight excluding hydrogens is 423 g/mol. The van der Waals surface area contributed by atoms with E-state index in [-0.39, 0.29) is 16.3 Å². The summed E-state index contributed by atoms with van der Waals surface area (Å²) in [5.74, 6) is -1.55. The maximum absolute atomic E-state index is 14.2. The number of carbonyl (C=O) groups excluding carboxylic acids is 2. The Kier molecular flexibility index (Phi) is 5.61. The molecule has 0 spiro atoms. The first-order valence-corrected chi connectivity index (χ1v) is 10.3. The molecule has 0 saturated carbocycles. The molecule has 1 aliphatic rings. The summed E-state index contributed by atoms with van der Waals surface area (Å²) in [4.78, 5) is 28.5. The van der Waals surface area contributed by atoms with Crippen molar-refractivity contribution in [1.29, 1.82) is 0 Å². The number of para-hydroxylation sites is 1. The zero-order chi connectivity index (χ0) is 21.3.